The van der Waals surface area contributed by atoms with Crippen LogP contribution in [0.15, 0.2) is 23.1 Å². The summed E-state index contributed by atoms with van der Waals surface area (Å²) in [6.07, 6.45) is 1.74. The lowest BCUT2D eigenvalue weighted by Gasteiger charge is -2.26. The van der Waals surface area contributed by atoms with E-state index in [2.05, 4.69) is 4.72 Å². The van der Waals surface area contributed by atoms with Gasteiger partial charge in [-0.15, -0.1) is 0 Å². The number of rotatable bonds is 10. The average Bonchev–Trinajstić information content (AvgIpc) is 2.56. The third-order valence-corrected chi connectivity index (χ3v) is 6.69. The van der Waals surface area contributed by atoms with Crippen LogP contribution in [0.5, 0.6) is 11.5 Å². The molecule has 0 aliphatic rings. The van der Waals surface area contributed by atoms with E-state index in [4.69, 9.17) is 9.47 Å². The molecule has 1 atom stereocenters. The van der Waals surface area contributed by atoms with Crippen molar-refractivity contribution in [3.05, 3.63) is 18.2 Å². The molecule has 1 rings (SSSR count). The average molecular weight is 395 g/mol. The molecule has 1 aromatic carbocycles. The van der Waals surface area contributed by atoms with Crippen molar-refractivity contribution in [1.29, 1.82) is 0 Å². The number of nitrogens with one attached hydrogen (secondary N) is 1. The summed E-state index contributed by atoms with van der Waals surface area (Å²) >= 11 is 0. The molecule has 10 heteroatoms. The van der Waals surface area contributed by atoms with Crippen LogP contribution < -0.4 is 14.2 Å². The summed E-state index contributed by atoms with van der Waals surface area (Å²) in [4.78, 5) is -0.0368. The predicted octanol–water partition coefficient (Wildman–Crippen LogP) is 1.04. The standard InChI is InChI=1S/C15H26N2O6S2/c1-6-12(2)17(24(5,18)19)10-9-16-25(20,21)15-8-7-13(22-3)11-14(15)23-4/h7-8,11-12,16H,6,9-10H2,1-5H3. The van der Waals surface area contributed by atoms with Crippen LogP contribution in [0.3, 0.4) is 0 Å². The van der Waals surface area contributed by atoms with Gasteiger partial charge in [0.2, 0.25) is 20.0 Å². The van der Waals surface area contributed by atoms with Crippen molar-refractivity contribution in [2.45, 2.75) is 31.2 Å². The second-order valence-corrected chi connectivity index (χ2v) is 9.22. The van der Waals surface area contributed by atoms with E-state index < -0.39 is 20.0 Å². The summed E-state index contributed by atoms with van der Waals surface area (Å²) in [6, 6.07) is 4.15. The van der Waals surface area contributed by atoms with Gasteiger partial charge in [0, 0.05) is 25.2 Å². The first-order chi connectivity index (χ1) is 11.6. The third-order valence-electron chi connectivity index (χ3n) is 3.79. The van der Waals surface area contributed by atoms with E-state index in [0.717, 1.165) is 6.26 Å². The molecule has 25 heavy (non-hydrogen) atoms. The van der Waals surface area contributed by atoms with Gasteiger partial charge in [-0.25, -0.2) is 21.6 Å². The van der Waals surface area contributed by atoms with Crippen LogP contribution in [0.4, 0.5) is 0 Å². The molecule has 0 saturated carbocycles. The fraction of sp³-hybridized carbons (Fsp3) is 0.600. The predicted molar refractivity (Wildman–Crippen MR) is 96.0 cm³/mol. The van der Waals surface area contributed by atoms with Crippen LogP contribution in [-0.4, -0.2) is 60.7 Å². The summed E-state index contributed by atoms with van der Waals surface area (Å²) in [7, 11) is -4.45. The van der Waals surface area contributed by atoms with Crippen LogP contribution in [0.2, 0.25) is 0 Å². The lowest BCUT2D eigenvalue weighted by Crippen LogP contribution is -2.42. The zero-order valence-electron chi connectivity index (χ0n) is 15.1. The van der Waals surface area contributed by atoms with E-state index in [1.54, 1.807) is 6.92 Å². The Morgan fingerprint density at radius 3 is 2.28 bits per heavy atom. The fourth-order valence-corrected chi connectivity index (χ4v) is 4.68. The number of nitrogens with zero attached hydrogens (tertiary/aromatic N) is 1. The summed E-state index contributed by atoms with van der Waals surface area (Å²) in [5.41, 5.74) is 0. The van der Waals surface area contributed by atoms with Crippen LogP contribution >= 0.6 is 0 Å². The van der Waals surface area contributed by atoms with Gasteiger partial charge in [0.05, 0.1) is 20.5 Å². The van der Waals surface area contributed by atoms with E-state index in [-0.39, 0.29) is 29.8 Å². The maximum atomic E-state index is 12.5. The number of hydrogen-bond acceptors (Lipinski definition) is 6. The summed E-state index contributed by atoms with van der Waals surface area (Å²) in [5, 5.41) is 0. The molecule has 8 nitrogen and oxygen atoms in total. The Morgan fingerprint density at radius 2 is 1.80 bits per heavy atom. The van der Waals surface area contributed by atoms with Crippen molar-refractivity contribution in [2.24, 2.45) is 0 Å². The van der Waals surface area contributed by atoms with Gasteiger partial charge >= 0.3 is 0 Å². The lowest BCUT2D eigenvalue weighted by atomic mass is 10.2. The molecule has 0 fully saturated rings. The Balaban J connectivity index is 2.92. The first-order valence-electron chi connectivity index (χ1n) is 7.75. The van der Waals surface area contributed by atoms with Crippen molar-refractivity contribution in [2.75, 3.05) is 33.6 Å². The largest absolute Gasteiger partial charge is 0.497 e. The van der Waals surface area contributed by atoms with Crippen LogP contribution in [0, 0.1) is 0 Å². The number of benzene rings is 1. The van der Waals surface area contributed by atoms with E-state index >= 15 is 0 Å². The molecule has 144 valence electrons. The minimum Gasteiger partial charge on any atom is -0.497 e. The molecule has 0 saturated heterocycles. The molecule has 0 spiro atoms. The Hall–Kier alpha value is -1.36. The highest BCUT2D eigenvalue weighted by Gasteiger charge is 2.24. The molecule has 0 amide bonds. The zero-order chi connectivity index (χ0) is 19.3. The molecule has 1 unspecified atom stereocenters. The van der Waals surface area contributed by atoms with Gasteiger partial charge in [0.15, 0.2) is 0 Å². The maximum absolute atomic E-state index is 12.5. The van der Waals surface area contributed by atoms with Crippen molar-refractivity contribution >= 4 is 20.0 Å². The lowest BCUT2D eigenvalue weighted by molar-refractivity contribution is 0.334. The zero-order valence-corrected chi connectivity index (χ0v) is 16.8. The molecule has 0 aliphatic carbocycles. The SMILES string of the molecule is CCC(C)N(CCNS(=O)(=O)c1ccc(OC)cc1OC)S(C)(=O)=O. The van der Waals surface area contributed by atoms with Crippen LogP contribution in [-0.2, 0) is 20.0 Å². The molecule has 1 N–H and O–H groups in total. The highest BCUT2D eigenvalue weighted by atomic mass is 32.2. The van der Waals surface area contributed by atoms with E-state index in [9.17, 15) is 16.8 Å². The molecule has 0 bridgehead atoms. The van der Waals surface area contributed by atoms with Crippen molar-refractivity contribution in [3.63, 3.8) is 0 Å². The third kappa shape index (κ3) is 5.84. The van der Waals surface area contributed by atoms with Crippen molar-refractivity contribution < 1.29 is 26.3 Å². The molecule has 0 radical (unpaired) electrons. The quantitative estimate of drug-likeness (QED) is 0.636. The second kappa shape index (κ2) is 8.84. The highest BCUT2D eigenvalue weighted by Crippen LogP contribution is 2.28. The van der Waals surface area contributed by atoms with Crippen LogP contribution in [0.25, 0.3) is 0 Å². The fourth-order valence-electron chi connectivity index (χ4n) is 2.28. The van der Waals surface area contributed by atoms with Gasteiger partial charge in [0.1, 0.15) is 16.4 Å². The normalized spacial score (nSPS) is 13.7. The van der Waals surface area contributed by atoms with Gasteiger partial charge in [-0.1, -0.05) is 6.92 Å². The smallest absolute Gasteiger partial charge is 0.244 e. The number of ether oxygens (including phenoxy) is 2. The minimum absolute atomic E-state index is 0.0368. The molecule has 0 aliphatic heterocycles. The monoisotopic (exact) mass is 394 g/mol. The molecule has 1 aromatic rings. The Kier molecular flexibility index (Phi) is 7.66. The van der Waals surface area contributed by atoms with E-state index in [1.807, 2.05) is 6.92 Å². The summed E-state index contributed by atoms with van der Waals surface area (Å²) in [6.45, 7) is 3.65. The first-order valence-corrected chi connectivity index (χ1v) is 11.1. The Bertz CT molecular complexity index is 777. The van der Waals surface area contributed by atoms with E-state index in [0.29, 0.717) is 12.2 Å². The summed E-state index contributed by atoms with van der Waals surface area (Å²) < 4.78 is 62.5. The van der Waals surface area contributed by atoms with Crippen molar-refractivity contribution in [1.82, 2.24) is 9.03 Å². The topological polar surface area (TPSA) is 102 Å². The number of hydrogen-bond donors (Lipinski definition) is 1. The highest BCUT2D eigenvalue weighted by molar-refractivity contribution is 7.89. The van der Waals surface area contributed by atoms with Crippen LogP contribution in [0.1, 0.15) is 20.3 Å². The maximum Gasteiger partial charge on any atom is 0.244 e. The number of methoxy groups -OCH3 is 2. The Labute approximate surface area is 150 Å². The summed E-state index contributed by atoms with van der Waals surface area (Å²) in [5.74, 6) is 0.615. The Morgan fingerprint density at radius 1 is 1.16 bits per heavy atom. The first kappa shape index (κ1) is 21.7. The van der Waals surface area contributed by atoms with Crippen molar-refractivity contribution in [3.8, 4) is 11.5 Å². The van der Waals surface area contributed by atoms with Gasteiger partial charge in [0.25, 0.3) is 0 Å². The van der Waals surface area contributed by atoms with Gasteiger partial charge in [-0.05, 0) is 25.5 Å². The molecular formula is C15H26N2O6S2. The minimum atomic E-state index is -3.85. The molecule has 0 aromatic heterocycles. The van der Waals surface area contributed by atoms with E-state index in [1.165, 1.54) is 36.7 Å². The van der Waals surface area contributed by atoms with Gasteiger partial charge < -0.3 is 9.47 Å². The van der Waals surface area contributed by atoms with Gasteiger partial charge in [-0.2, -0.15) is 4.31 Å². The van der Waals surface area contributed by atoms with Gasteiger partial charge in [-0.3, -0.25) is 0 Å². The number of sulfonamides is 2. The second-order valence-electron chi connectivity index (χ2n) is 5.55. The molecule has 0 heterocycles. The molecular weight excluding hydrogens is 368 g/mol.